The van der Waals surface area contributed by atoms with Gasteiger partial charge < -0.3 is 14.5 Å². The lowest BCUT2D eigenvalue weighted by Crippen LogP contribution is -2.31. The second-order valence-corrected chi connectivity index (χ2v) is 7.92. The Hall–Kier alpha value is -3.51. The van der Waals surface area contributed by atoms with Crippen LogP contribution < -0.4 is 10.1 Å². The fraction of sp³-hybridized carbons (Fsp3) is 0.200. The van der Waals surface area contributed by atoms with Crippen LogP contribution >= 0.6 is 11.6 Å². The van der Waals surface area contributed by atoms with Gasteiger partial charge in [0, 0.05) is 10.7 Å². The van der Waals surface area contributed by atoms with Crippen molar-refractivity contribution in [2.75, 3.05) is 11.9 Å². The molecule has 2 aromatic carbocycles. The Bertz CT molecular complexity index is 1170. The summed E-state index contributed by atoms with van der Waals surface area (Å²) in [5.74, 6) is 0.437. The maximum Gasteiger partial charge on any atom is 0.278 e. The van der Waals surface area contributed by atoms with Crippen LogP contribution in [0.3, 0.4) is 0 Å². The third-order valence-corrected chi connectivity index (χ3v) is 5.36. The summed E-state index contributed by atoms with van der Waals surface area (Å²) < 4.78 is 11.0. The third kappa shape index (κ3) is 4.41. The number of ether oxygens (including phenoxy) is 1. The van der Waals surface area contributed by atoms with E-state index in [2.05, 4.69) is 5.32 Å². The summed E-state index contributed by atoms with van der Waals surface area (Å²) in [5, 5.41) is 3.77. The summed E-state index contributed by atoms with van der Waals surface area (Å²) >= 11 is 6.07. The molecule has 2 heterocycles. The lowest BCUT2D eigenvalue weighted by molar-refractivity contribution is -0.137. The van der Waals surface area contributed by atoms with Crippen molar-refractivity contribution >= 4 is 34.7 Å². The quantitative estimate of drug-likeness (QED) is 0.464. The molecule has 0 saturated carbocycles. The zero-order chi connectivity index (χ0) is 22.7. The number of halogens is 1. The first kappa shape index (κ1) is 21.7. The highest BCUT2D eigenvalue weighted by Gasteiger charge is 2.39. The molecular formula is C25H23ClN2O4. The third-order valence-electron chi connectivity index (χ3n) is 5.13. The van der Waals surface area contributed by atoms with Crippen molar-refractivity contribution in [1.82, 2.24) is 4.90 Å². The van der Waals surface area contributed by atoms with Gasteiger partial charge in [-0.25, -0.2) is 0 Å². The van der Waals surface area contributed by atoms with Gasteiger partial charge in [-0.15, -0.1) is 0 Å². The molecule has 4 rings (SSSR count). The van der Waals surface area contributed by atoms with Gasteiger partial charge >= 0.3 is 0 Å². The van der Waals surface area contributed by atoms with E-state index in [1.54, 1.807) is 54.6 Å². The van der Waals surface area contributed by atoms with Crippen LogP contribution in [0.2, 0.25) is 5.02 Å². The molecule has 0 radical (unpaired) electrons. The molecule has 0 saturated heterocycles. The molecule has 0 fully saturated rings. The first-order valence-corrected chi connectivity index (χ1v) is 10.7. The standard InChI is InChI=1S/C25H23ClN2O4/c1-3-12-31-19-9-6-17(7-10-19)22-23(27-21-11-8-18(26)14-16(21)2)25(30)28(24(22)29)15-20-5-4-13-32-20/h4-11,13-14,27H,3,12,15H2,1-2H3. The van der Waals surface area contributed by atoms with Crippen molar-refractivity contribution in [2.45, 2.75) is 26.8 Å². The number of nitrogens with one attached hydrogen (secondary N) is 1. The van der Waals surface area contributed by atoms with Crippen molar-refractivity contribution in [3.05, 3.63) is 88.5 Å². The zero-order valence-electron chi connectivity index (χ0n) is 17.9. The molecule has 0 aliphatic carbocycles. The molecule has 2 amide bonds. The fourth-order valence-corrected chi connectivity index (χ4v) is 3.73. The molecule has 6 nitrogen and oxygen atoms in total. The average Bonchev–Trinajstić information content (AvgIpc) is 3.37. The number of nitrogens with zero attached hydrogens (tertiary/aromatic N) is 1. The lowest BCUT2D eigenvalue weighted by atomic mass is 10.0. The monoisotopic (exact) mass is 450 g/mol. The Morgan fingerprint density at radius 2 is 1.84 bits per heavy atom. The number of carbonyl (C=O) groups excluding carboxylic acids is 2. The Morgan fingerprint density at radius 3 is 2.50 bits per heavy atom. The highest BCUT2D eigenvalue weighted by Crippen LogP contribution is 2.33. The van der Waals surface area contributed by atoms with Crippen LogP contribution in [0.1, 0.15) is 30.2 Å². The van der Waals surface area contributed by atoms with E-state index in [4.69, 9.17) is 20.8 Å². The van der Waals surface area contributed by atoms with E-state index in [9.17, 15) is 9.59 Å². The number of amides is 2. The van der Waals surface area contributed by atoms with Crippen LogP contribution in [0, 0.1) is 6.92 Å². The normalized spacial score (nSPS) is 13.8. The van der Waals surface area contributed by atoms with Crippen LogP contribution in [0.25, 0.3) is 5.57 Å². The van der Waals surface area contributed by atoms with E-state index < -0.39 is 5.91 Å². The molecular weight excluding hydrogens is 428 g/mol. The zero-order valence-corrected chi connectivity index (χ0v) is 18.6. The van der Waals surface area contributed by atoms with Crippen LogP contribution in [0.15, 0.2) is 71.0 Å². The van der Waals surface area contributed by atoms with Gasteiger partial charge in [-0.1, -0.05) is 30.7 Å². The van der Waals surface area contributed by atoms with E-state index in [-0.39, 0.29) is 18.1 Å². The second-order valence-electron chi connectivity index (χ2n) is 7.48. The van der Waals surface area contributed by atoms with E-state index >= 15 is 0 Å². The molecule has 1 N–H and O–H groups in total. The van der Waals surface area contributed by atoms with Gasteiger partial charge in [-0.2, -0.15) is 0 Å². The van der Waals surface area contributed by atoms with Gasteiger partial charge in [0.2, 0.25) is 0 Å². The van der Waals surface area contributed by atoms with E-state index in [0.717, 1.165) is 12.0 Å². The predicted molar refractivity (Wildman–Crippen MR) is 123 cm³/mol. The summed E-state index contributed by atoms with van der Waals surface area (Å²) in [7, 11) is 0. The van der Waals surface area contributed by atoms with E-state index in [1.807, 2.05) is 13.8 Å². The molecule has 0 unspecified atom stereocenters. The Labute approximate surface area is 191 Å². The SMILES string of the molecule is CCCOc1ccc(C2=C(Nc3ccc(Cl)cc3C)C(=O)N(Cc3ccco3)C2=O)cc1. The Kier molecular flexibility index (Phi) is 6.32. The molecule has 1 aliphatic heterocycles. The minimum Gasteiger partial charge on any atom is -0.494 e. The van der Waals surface area contributed by atoms with Crippen molar-refractivity contribution in [3.63, 3.8) is 0 Å². The van der Waals surface area contributed by atoms with Gasteiger partial charge in [-0.05, 0) is 66.9 Å². The molecule has 1 aromatic heterocycles. The Balaban J connectivity index is 1.72. The molecule has 0 spiro atoms. The van der Waals surface area contributed by atoms with Crippen molar-refractivity contribution < 1.29 is 18.7 Å². The highest BCUT2D eigenvalue weighted by molar-refractivity contribution is 6.36. The van der Waals surface area contributed by atoms with Crippen molar-refractivity contribution in [3.8, 4) is 5.75 Å². The van der Waals surface area contributed by atoms with Crippen molar-refractivity contribution in [1.29, 1.82) is 0 Å². The summed E-state index contributed by atoms with van der Waals surface area (Å²) in [4.78, 5) is 27.8. The van der Waals surface area contributed by atoms with Gasteiger partial charge in [0.15, 0.2) is 0 Å². The van der Waals surface area contributed by atoms with Crippen LogP contribution in [-0.4, -0.2) is 23.3 Å². The summed E-state index contributed by atoms with van der Waals surface area (Å²) in [5.41, 5.74) is 2.71. The van der Waals surface area contributed by atoms with Crippen LogP contribution in [0.4, 0.5) is 5.69 Å². The Morgan fingerprint density at radius 1 is 1.06 bits per heavy atom. The van der Waals surface area contributed by atoms with Crippen LogP contribution in [0.5, 0.6) is 5.75 Å². The molecule has 32 heavy (non-hydrogen) atoms. The fourth-order valence-electron chi connectivity index (χ4n) is 3.50. The topological polar surface area (TPSA) is 71.8 Å². The predicted octanol–water partition coefficient (Wildman–Crippen LogP) is 5.42. The maximum atomic E-state index is 13.4. The first-order chi connectivity index (χ1) is 15.5. The number of rotatable bonds is 8. The molecule has 7 heteroatoms. The van der Waals surface area contributed by atoms with Gasteiger partial charge in [-0.3, -0.25) is 14.5 Å². The number of carbonyl (C=O) groups is 2. The molecule has 0 bridgehead atoms. The lowest BCUT2D eigenvalue weighted by Gasteiger charge is -2.14. The number of benzene rings is 2. The van der Waals surface area contributed by atoms with Gasteiger partial charge in [0.1, 0.15) is 17.2 Å². The molecule has 0 atom stereocenters. The van der Waals surface area contributed by atoms with E-state index in [0.29, 0.717) is 40.0 Å². The highest BCUT2D eigenvalue weighted by atomic mass is 35.5. The van der Waals surface area contributed by atoms with Crippen molar-refractivity contribution in [2.24, 2.45) is 0 Å². The number of hydrogen-bond donors (Lipinski definition) is 1. The minimum absolute atomic E-state index is 0.0522. The van der Waals surface area contributed by atoms with Crippen LogP contribution in [-0.2, 0) is 16.1 Å². The number of imide groups is 1. The first-order valence-electron chi connectivity index (χ1n) is 10.4. The second kappa shape index (κ2) is 9.32. The number of anilines is 1. The van der Waals surface area contributed by atoms with E-state index in [1.165, 1.54) is 11.2 Å². The summed E-state index contributed by atoms with van der Waals surface area (Å²) in [6.07, 6.45) is 2.41. The smallest absolute Gasteiger partial charge is 0.278 e. The number of aryl methyl sites for hydroxylation is 1. The maximum absolute atomic E-state index is 13.4. The molecule has 164 valence electrons. The van der Waals surface area contributed by atoms with Gasteiger partial charge in [0.05, 0.1) is 25.0 Å². The minimum atomic E-state index is -0.415. The summed E-state index contributed by atoms with van der Waals surface area (Å²) in [6, 6.07) is 16.0. The molecule has 1 aliphatic rings. The van der Waals surface area contributed by atoms with Gasteiger partial charge in [0.25, 0.3) is 11.8 Å². The summed E-state index contributed by atoms with van der Waals surface area (Å²) in [6.45, 7) is 4.58. The average molecular weight is 451 g/mol. The number of hydrogen-bond acceptors (Lipinski definition) is 5. The molecule has 3 aromatic rings. The largest absolute Gasteiger partial charge is 0.494 e. The number of furan rings is 1.